The van der Waals surface area contributed by atoms with Gasteiger partial charge in [-0.15, -0.1) is 0 Å². The highest BCUT2D eigenvalue weighted by molar-refractivity contribution is 5.78. The summed E-state index contributed by atoms with van der Waals surface area (Å²) in [6.45, 7) is 7.25. The third-order valence-electron chi connectivity index (χ3n) is 5.04. The second-order valence-corrected chi connectivity index (χ2v) is 7.17. The molecule has 4 nitrogen and oxygen atoms in total. The van der Waals surface area contributed by atoms with Gasteiger partial charge in [-0.05, 0) is 45.2 Å². The number of aliphatic hydroxyl groups is 1. The Morgan fingerprint density at radius 3 is 2.52 bits per heavy atom. The van der Waals surface area contributed by atoms with E-state index in [-0.39, 0.29) is 5.91 Å². The number of carbonyl (C=O) groups excluding carboxylic acids is 1. The van der Waals surface area contributed by atoms with Crippen molar-refractivity contribution in [3.63, 3.8) is 0 Å². The zero-order valence-electron chi connectivity index (χ0n) is 14.3. The molecule has 2 heterocycles. The molecule has 126 valence electrons. The molecule has 2 atom stereocenters. The Bertz CT molecular complexity index is 552. The largest absolute Gasteiger partial charge is 0.390 e. The van der Waals surface area contributed by atoms with Crippen molar-refractivity contribution in [3.05, 3.63) is 34.9 Å². The summed E-state index contributed by atoms with van der Waals surface area (Å²) in [5.74, 6) is 0.191. The molecule has 0 spiro atoms. The van der Waals surface area contributed by atoms with E-state index in [2.05, 4.69) is 36.9 Å². The Hall–Kier alpha value is -1.39. The molecule has 0 saturated carbocycles. The molecule has 2 fully saturated rings. The number of hydrogen-bond donors (Lipinski definition) is 1. The Balaban J connectivity index is 1.63. The first-order valence-corrected chi connectivity index (χ1v) is 8.81. The maximum absolute atomic E-state index is 11.7. The summed E-state index contributed by atoms with van der Waals surface area (Å²) in [6, 6.07) is 7.15. The lowest BCUT2D eigenvalue weighted by Gasteiger charge is -2.29. The lowest BCUT2D eigenvalue weighted by Crippen LogP contribution is -2.40. The fourth-order valence-corrected chi connectivity index (χ4v) is 4.10. The smallest absolute Gasteiger partial charge is 0.222 e. The van der Waals surface area contributed by atoms with E-state index in [1.807, 2.05) is 4.90 Å². The second-order valence-electron chi connectivity index (χ2n) is 7.17. The average molecular weight is 316 g/mol. The first-order chi connectivity index (χ1) is 11.0. The van der Waals surface area contributed by atoms with E-state index in [0.29, 0.717) is 25.6 Å². The van der Waals surface area contributed by atoms with E-state index in [9.17, 15) is 9.90 Å². The molecule has 4 heteroatoms. The molecule has 3 rings (SSSR count). The molecule has 2 saturated heterocycles. The van der Waals surface area contributed by atoms with Crippen LogP contribution in [0.4, 0.5) is 0 Å². The molecule has 2 unspecified atom stereocenters. The van der Waals surface area contributed by atoms with Crippen LogP contribution >= 0.6 is 0 Å². The third kappa shape index (κ3) is 3.93. The molecule has 0 aromatic heterocycles. The van der Waals surface area contributed by atoms with Crippen molar-refractivity contribution in [1.29, 1.82) is 0 Å². The monoisotopic (exact) mass is 316 g/mol. The summed E-state index contributed by atoms with van der Waals surface area (Å²) >= 11 is 0. The minimum absolute atomic E-state index is 0.191. The molecule has 2 aliphatic heterocycles. The molecule has 23 heavy (non-hydrogen) atoms. The summed E-state index contributed by atoms with van der Waals surface area (Å²) in [5.41, 5.74) is 3.97. The molecule has 1 aromatic rings. The van der Waals surface area contributed by atoms with Gasteiger partial charge < -0.3 is 10.0 Å². The van der Waals surface area contributed by atoms with Crippen LogP contribution in [0.15, 0.2) is 18.2 Å². The van der Waals surface area contributed by atoms with Gasteiger partial charge in [-0.1, -0.05) is 29.3 Å². The quantitative estimate of drug-likeness (QED) is 0.907. The molecule has 0 radical (unpaired) electrons. The van der Waals surface area contributed by atoms with Gasteiger partial charge in [0.2, 0.25) is 5.91 Å². The first-order valence-electron chi connectivity index (χ1n) is 8.81. The molecule has 1 aromatic carbocycles. The lowest BCUT2D eigenvalue weighted by molar-refractivity contribution is -0.129. The van der Waals surface area contributed by atoms with E-state index in [0.717, 1.165) is 25.9 Å². The van der Waals surface area contributed by atoms with Crippen LogP contribution < -0.4 is 0 Å². The van der Waals surface area contributed by atoms with E-state index < -0.39 is 6.10 Å². The average Bonchev–Trinajstić information content (AvgIpc) is 3.08. The van der Waals surface area contributed by atoms with Crippen molar-refractivity contribution in [2.45, 2.75) is 51.7 Å². The van der Waals surface area contributed by atoms with Gasteiger partial charge in [0.05, 0.1) is 6.10 Å². The van der Waals surface area contributed by atoms with E-state index in [4.69, 9.17) is 0 Å². The highest BCUT2D eigenvalue weighted by Gasteiger charge is 2.29. The van der Waals surface area contributed by atoms with E-state index in [1.54, 1.807) is 0 Å². The number of aryl methyl sites for hydroxylation is 2. The van der Waals surface area contributed by atoms with Crippen LogP contribution in [0.5, 0.6) is 0 Å². The maximum atomic E-state index is 11.7. The van der Waals surface area contributed by atoms with Crippen molar-refractivity contribution >= 4 is 5.91 Å². The number of β-amino-alcohol motifs (C(OH)–C–C–N with tert-alkyl or cyclic N) is 1. The normalized spacial score (nSPS) is 23.7. The number of hydrogen-bond acceptors (Lipinski definition) is 3. The van der Waals surface area contributed by atoms with Gasteiger partial charge in [-0.2, -0.15) is 0 Å². The molecule has 2 aliphatic rings. The van der Waals surface area contributed by atoms with Gasteiger partial charge in [-0.3, -0.25) is 9.69 Å². The van der Waals surface area contributed by atoms with Crippen LogP contribution in [0.3, 0.4) is 0 Å². The minimum Gasteiger partial charge on any atom is -0.390 e. The van der Waals surface area contributed by atoms with Crippen LogP contribution in [-0.4, -0.2) is 53.1 Å². The predicted molar refractivity (Wildman–Crippen MR) is 91.3 cm³/mol. The number of amides is 1. The van der Waals surface area contributed by atoms with Gasteiger partial charge in [0, 0.05) is 32.1 Å². The summed E-state index contributed by atoms with van der Waals surface area (Å²) in [6.07, 6.45) is 3.44. The number of carbonyl (C=O) groups is 1. The highest BCUT2D eigenvalue weighted by atomic mass is 16.3. The predicted octanol–water partition coefficient (Wildman–Crippen LogP) is 2.42. The number of rotatable bonds is 5. The summed E-state index contributed by atoms with van der Waals surface area (Å²) < 4.78 is 0. The van der Waals surface area contributed by atoms with Crippen molar-refractivity contribution in [3.8, 4) is 0 Å². The molecule has 0 bridgehead atoms. The molecular formula is C19H28N2O2. The molecular weight excluding hydrogens is 288 g/mol. The van der Waals surface area contributed by atoms with Crippen LogP contribution in [0.25, 0.3) is 0 Å². The van der Waals surface area contributed by atoms with Crippen LogP contribution in [0.2, 0.25) is 0 Å². The number of benzene rings is 1. The molecule has 0 aliphatic carbocycles. The number of nitrogens with zero attached hydrogens (tertiary/aromatic N) is 2. The third-order valence-corrected chi connectivity index (χ3v) is 5.04. The number of likely N-dealkylation sites (tertiary alicyclic amines) is 2. The van der Waals surface area contributed by atoms with Crippen LogP contribution in [0.1, 0.15) is 48.4 Å². The summed E-state index contributed by atoms with van der Waals surface area (Å²) in [5, 5.41) is 10.4. The Morgan fingerprint density at radius 1 is 1.13 bits per heavy atom. The van der Waals surface area contributed by atoms with Crippen molar-refractivity contribution in [2.75, 3.05) is 26.2 Å². The first kappa shape index (κ1) is 16.5. The van der Waals surface area contributed by atoms with Gasteiger partial charge in [-0.25, -0.2) is 0 Å². The van der Waals surface area contributed by atoms with E-state index in [1.165, 1.54) is 23.1 Å². The van der Waals surface area contributed by atoms with Crippen molar-refractivity contribution < 1.29 is 9.90 Å². The van der Waals surface area contributed by atoms with Gasteiger partial charge in [0.25, 0.3) is 0 Å². The minimum atomic E-state index is -0.455. The van der Waals surface area contributed by atoms with Gasteiger partial charge >= 0.3 is 0 Å². The van der Waals surface area contributed by atoms with Crippen molar-refractivity contribution in [1.82, 2.24) is 9.80 Å². The second kappa shape index (κ2) is 7.02. The Kier molecular flexibility index (Phi) is 5.02. The van der Waals surface area contributed by atoms with Crippen molar-refractivity contribution in [2.24, 2.45) is 0 Å². The Labute approximate surface area is 139 Å². The fourth-order valence-electron chi connectivity index (χ4n) is 4.10. The summed E-state index contributed by atoms with van der Waals surface area (Å²) in [4.78, 5) is 15.9. The topological polar surface area (TPSA) is 43.8 Å². The standard InChI is InChI=1S/C19H28N2O2/c1-14-9-15(2)11-16(10-14)18-5-3-7-20(18)12-17(22)13-21-8-4-6-19(21)23/h9-11,17-18,22H,3-8,12-13H2,1-2H3. The lowest BCUT2D eigenvalue weighted by atomic mass is 9.99. The molecule has 1 amide bonds. The maximum Gasteiger partial charge on any atom is 0.222 e. The SMILES string of the molecule is Cc1cc(C)cc(C2CCCN2CC(O)CN2CCCC2=O)c1. The van der Waals surface area contributed by atoms with Gasteiger partial charge in [0.1, 0.15) is 0 Å². The number of aliphatic hydroxyl groups excluding tert-OH is 1. The van der Waals surface area contributed by atoms with E-state index >= 15 is 0 Å². The molecule has 1 N–H and O–H groups in total. The highest BCUT2D eigenvalue weighted by Crippen LogP contribution is 2.33. The fraction of sp³-hybridized carbons (Fsp3) is 0.632. The Morgan fingerprint density at radius 2 is 1.87 bits per heavy atom. The van der Waals surface area contributed by atoms with Crippen LogP contribution in [0, 0.1) is 13.8 Å². The van der Waals surface area contributed by atoms with Crippen LogP contribution in [-0.2, 0) is 4.79 Å². The summed E-state index contributed by atoms with van der Waals surface area (Å²) in [7, 11) is 0. The zero-order chi connectivity index (χ0) is 16.4. The van der Waals surface area contributed by atoms with Gasteiger partial charge in [0.15, 0.2) is 0 Å². The zero-order valence-corrected chi connectivity index (χ0v) is 14.3.